The summed E-state index contributed by atoms with van der Waals surface area (Å²) in [5, 5.41) is 4.07. The second-order valence-electron chi connectivity index (χ2n) is 6.74. The second kappa shape index (κ2) is 6.51. The van der Waals surface area contributed by atoms with Crippen LogP contribution in [0.3, 0.4) is 0 Å². The van der Waals surface area contributed by atoms with E-state index in [0.29, 0.717) is 29.4 Å². The topological polar surface area (TPSA) is 81.4 Å². The Morgan fingerprint density at radius 2 is 2.25 bits per heavy atom. The molecule has 7 nitrogen and oxygen atoms in total. The zero-order chi connectivity index (χ0) is 17.3. The van der Waals surface area contributed by atoms with Crippen LogP contribution in [0.2, 0.25) is 0 Å². The van der Waals surface area contributed by atoms with Crippen molar-refractivity contribution in [1.29, 1.82) is 0 Å². The van der Waals surface area contributed by atoms with Crippen LogP contribution in [-0.4, -0.2) is 44.8 Å². The van der Waals surface area contributed by atoms with Crippen LogP contribution in [0.4, 0.5) is 4.79 Å². The maximum atomic E-state index is 12.1. The number of hydrogen-bond donors (Lipinski definition) is 0. The number of amides is 1. The standard InChI is InChI=1S/C16H19BrN4O3/c1-16(2,3)23-15(22)21-7-5-11(9-21)13-19-14(24-20-13)10-4-6-18-12(17)8-10/h4,6,8,11H,5,7,9H2,1-3H3. The number of rotatable bonds is 2. The highest BCUT2D eigenvalue weighted by molar-refractivity contribution is 9.10. The summed E-state index contributed by atoms with van der Waals surface area (Å²) in [5.74, 6) is 1.12. The SMILES string of the molecule is CC(C)(C)OC(=O)N1CCC(c2noc(-c3ccnc(Br)c3)n2)C1. The fourth-order valence-corrected chi connectivity index (χ4v) is 2.88. The quantitative estimate of drug-likeness (QED) is 0.723. The number of likely N-dealkylation sites (tertiary alicyclic amines) is 1. The first-order chi connectivity index (χ1) is 11.3. The molecule has 128 valence electrons. The fourth-order valence-electron chi connectivity index (χ4n) is 2.52. The highest BCUT2D eigenvalue weighted by Gasteiger charge is 2.33. The van der Waals surface area contributed by atoms with Crippen molar-refractivity contribution in [2.24, 2.45) is 0 Å². The molecule has 1 atom stereocenters. The molecule has 1 amide bonds. The number of aromatic nitrogens is 3. The number of ether oxygens (including phenoxy) is 1. The van der Waals surface area contributed by atoms with Gasteiger partial charge in [-0.1, -0.05) is 5.16 Å². The second-order valence-corrected chi connectivity index (χ2v) is 7.55. The van der Waals surface area contributed by atoms with E-state index in [4.69, 9.17) is 9.26 Å². The van der Waals surface area contributed by atoms with Gasteiger partial charge in [0.05, 0.1) is 0 Å². The van der Waals surface area contributed by atoms with Crippen molar-refractivity contribution in [2.75, 3.05) is 13.1 Å². The van der Waals surface area contributed by atoms with Crippen LogP contribution >= 0.6 is 15.9 Å². The van der Waals surface area contributed by atoms with Crippen molar-refractivity contribution < 1.29 is 14.1 Å². The molecule has 3 rings (SSSR count). The lowest BCUT2D eigenvalue weighted by Crippen LogP contribution is -2.35. The summed E-state index contributed by atoms with van der Waals surface area (Å²) in [6.07, 6.45) is 2.16. The summed E-state index contributed by atoms with van der Waals surface area (Å²) < 4.78 is 11.5. The molecule has 0 radical (unpaired) electrons. The van der Waals surface area contributed by atoms with Gasteiger partial charge >= 0.3 is 6.09 Å². The minimum atomic E-state index is -0.497. The molecule has 3 heterocycles. The maximum Gasteiger partial charge on any atom is 0.410 e. The van der Waals surface area contributed by atoms with E-state index < -0.39 is 5.60 Å². The minimum absolute atomic E-state index is 0.0558. The van der Waals surface area contributed by atoms with Crippen LogP contribution in [0.25, 0.3) is 11.5 Å². The number of nitrogens with zero attached hydrogens (tertiary/aromatic N) is 4. The average molecular weight is 395 g/mol. The summed E-state index contributed by atoms with van der Waals surface area (Å²) in [7, 11) is 0. The number of carbonyl (C=O) groups excluding carboxylic acids is 1. The van der Waals surface area contributed by atoms with E-state index in [9.17, 15) is 4.79 Å². The van der Waals surface area contributed by atoms with Gasteiger partial charge in [0, 0.05) is 30.8 Å². The Bertz CT molecular complexity index is 741. The molecule has 0 bridgehead atoms. The average Bonchev–Trinajstić information content (AvgIpc) is 3.15. The number of carbonyl (C=O) groups is 1. The fraction of sp³-hybridized carbons (Fsp3) is 0.500. The molecular formula is C16H19BrN4O3. The molecule has 1 fully saturated rings. The Labute approximate surface area is 148 Å². The van der Waals surface area contributed by atoms with Gasteiger partial charge < -0.3 is 14.2 Å². The van der Waals surface area contributed by atoms with Crippen LogP contribution in [0, 0.1) is 0 Å². The largest absolute Gasteiger partial charge is 0.444 e. The van der Waals surface area contributed by atoms with Crippen LogP contribution in [-0.2, 0) is 4.74 Å². The predicted octanol–water partition coefficient (Wildman–Crippen LogP) is 3.62. The summed E-state index contributed by atoms with van der Waals surface area (Å²) in [6, 6.07) is 3.63. The molecule has 2 aromatic heterocycles. The first-order valence-electron chi connectivity index (χ1n) is 7.75. The monoisotopic (exact) mass is 394 g/mol. The summed E-state index contributed by atoms with van der Waals surface area (Å²) in [5.41, 5.74) is 0.307. The maximum absolute atomic E-state index is 12.1. The molecular weight excluding hydrogens is 376 g/mol. The molecule has 2 aromatic rings. The van der Waals surface area contributed by atoms with E-state index in [1.54, 1.807) is 11.1 Å². The van der Waals surface area contributed by atoms with Crippen molar-refractivity contribution in [3.63, 3.8) is 0 Å². The molecule has 0 aromatic carbocycles. The summed E-state index contributed by atoms with van der Waals surface area (Å²) in [6.45, 7) is 6.74. The minimum Gasteiger partial charge on any atom is -0.444 e. The molecule has 0 saturated carbocycles. The highest BCUT2D eigenvalue weighted by atomic mass is 79.9. The summed E-state index contributed by atoms with van der Waals surface area (Å²) in [4.78, 5) is 22.4. The van der Waals surface area contributed by atoms with Gasteiger partial charge in [-0.2, -0.15) is 4.98 Å². The van der Waals surface area contributed by atoms with Crippen LogP contribution in [0.15, 0.2) is 27.5 Å². The molecule has 1 saturated heterocycles. The van der Waals surface area contributed by atoms with E-state index >= 15 is 0 Å². The van der Waals surface area contributed by atoms with E-state index in [1.807, 2.05) is 32.9 Å². The molecule has 24 heavy (non-hydrogen) atoms. The van der Waals surface area contributed by atoms with Crippen molar-refractivity contribution in [2.45, 2.75) is 38.7 Å². The van der Waals surface area contributed by atoms with Crippen LogP contribution in [0.5, 0.6) is 0 Å². The zero-order valence-electron chi connectivity index (χ0n) is 13.8. The van der Waals surface area contributed by atoms with Gasteiger partial charge in [-0.15, -0.1) is 0 Å². The Morgan fingerprint density at radius 1 is 1.46 bits per heavy atom. The van der Waals surface area contributed by atoms with Crippen molar-refractivity contribution in [3.05, 3.63) is 28.8 Å². The number of hydrogen-bond acceptors (Lipinski definition) is 6. The van der Waals surface area contributed by atoms with Gasteiger partial charge in [0.1, 0.15) is 10.2 Å². The van der Waals surface area contributed by atoms with E-state index in [0.717, 1.165) is 12.0 Å². The van der Waals surface area contributed by atoms with Gasteiger partial charge in [-0.05, 0) is 55.3 Å². The van der Waals surface area contributed by atoms with Gasteiger partial charge in [-0.3, -0.25) is 0 Å². The Morgan fingerprint density at radius 3 is 2.96 bits per heavy atom. The Hall–Kier alpha value is -1.96. The number of halogens is 1. The van der Waals surface area contributed by atoms with Crippen molar-refractivity contribution >= 4 is 22.0 Å². The third-order valence-corrected chi connectivity index (χ3v) is 4.05. The predicted molar refractivity (Wildman–Crippen MR) is 90.4 cm³/mol. The number of pyridine rings is 1. The molecule has 0 N–H and O–H groups in total. The van der Waals surface area contributed by atoms with Gasteiger partial charge in [0.25, 0.3) is 5.89 Å². The third-order valence-electron chi connectivity index (χ3n) is 3.62. The van der Waals surface area contributed by atoms with Crippen LogP contribution < -0.4 is 0 Å². The summed E-state index contributed by atoms with van der Waals surface area (Å²) >= 11 is 3.32. The molecule has 8 heteroatoms. The van der Waals surface area contributed by atoms with Gasteiger partial charge in [-0.25, -0.2) is 9.78 Å². The lowest BCUT2D eigenvalue weighted by Gasteiger charge is -2.24. The smallest absolute Gasteiger partial charge is 0.410 e. The molecule has 0 aliphatic carbocycles. The molecule has 1 unspecified atom stereocenters. The Balaban J connectivity index is 1.68. The van der Waals surface area contributed by atoms with Crippen LogP contribution in [0.1, 0.15) is 38.9 Å². The lowest BCUT2D eigenvalue weighted by atomic mass is 10.1. The normalized spacial score (nSPS) is 18.0. The molecule has 1 aliphatic heterocycles. The molecule has 0 spiro atoms. The van der Waals surface area contributed by atoms with Gasteiger partial charge in [0.2, 0.25) is 0 Å². The molecule has 1 aliphatic rings. The van der Waals surface area contributed by atoms with E-state index in [1.165, 1.54) is 0 Å². The third kappa shape index (κ3) is 3.92. The Kier molecular flexibility index (Phi) is 4.58. The van der Waals surface area contributed by atoms with Crippen molar-refractivity contribution in [1.82, 2.24) is 20.0 Å². The van der Waals surface area contributed by atoms with Gasteiger partial charge in [0.15, 0.2) is 5.82 Å². The first kappa shape index (κ1) is 16.9. The zero-order valence-corrected chi connectivity index (χ0v) is 15.4. The van der Waals surface area contributed by atoms with E-state index in [2.05, 4.69) is 31.1 Å². The highest BCUT2D eigenvalue weighted by Crippen LogP contribution is 2.28. The van der Waals surface area contributed by atoms with Crippen molar-refractivity contribution in [3.8, 4) is 11.5 Å². The lowest BCUT2D eigenvalue weighted by molar-refractivity contribution is 0.0292. The first-order valence-corrected chi connectivity index (χ1v) is 8.54. The van der Waals surface area contributed by atoms with E-state index in [-0.39, 0.29) is 12.0 Å².